The van der Waals surface area contributed by atoms with E-state index < -0.39 is 0 Å². The molecule has 0 spiro atoms. The molecule has 3 rings (SSSR count). The van der Waals surface area contributed by atoms with Crippen molar-refractivity contribution in [1.29, 1.82) is 0 Å². The van der Waals surface area contributed by atoms with Crippen LogP contribution in [0.4, 0.5) is 11.8 Å². The topological polar surface area (TPSA) is 75.9 Å². The molecule has 1 amide bonds. The van der Waals surface area contributed by atoms with Gasteiger partial charge in [0.15, 0.2) is 0 Å². The fourth-order valence-electron chi connectivity index (χ4n) is 2.42. The normalized spacial score (nSPS) is 18.6. The van der Waals surface area contributed by atoms with E-state index in [1.165, 1.54) is 0 Å². The van der Waals surface area contributed by atoms with Crippen LogP contribution < -0.4 is 10.2 Å². The first-order chi connectivity index (χ1) is 9.65. The van der Waals surface area contributed by atoms with Gasteiger partial charge in [0.25, 0.3) is 5.91 Å². The Bertz CT molecular complexity index is 623. The lowest BCUT2D eigenvalue weighted by molar-refractivity contribution is -0.117. The second-order valence-corrected chi connectivity index (χ2v) is 4.82. The maximum atomic E-state index is 12.4. The van der Waals surface area contributed by atoms with E-state index in [-0.39, 0.29) is 11.9 Å². The van der Waals surface area contributed by atoms with Gasteiger partial charge in [-0.2, -0.15) is 5.10 Å². The zero-order valence-electron chi connectivity index (χ0n) is 11.4. The summed E-state index contributed by atoms with van der Waals surface area (Å²) >= 11 is 0. The first kappa shape index (κ1) is 12.6. The summed E-state index contributed by atoms with van der Waals surface area (Å²) in [5, 5.41) is 7.35. The summed E-state index contributed by atoms with van der Waals surface area (Å²) in [6, 6.07) is 3.37. The maximum absolute atomic E-state index is 12.4. The van der Waals surface area contributed by atoms with Crippen LogP contribution in [0.15, 0.2) is 24.5 Å². The zero-order valence-corrected chi connectivity index (χ0v) is 11.4. The molecule has 2 aromatic heterocycles. The first-order valence-electron chi connectivity index (χ1n) is 6.51. The van der Waals surface area contributed by atoms with Gasteiger partial charge in [0, 0.05) is 32.1 Å². The van der Waals surface area contributed by atoms with E-state index in [9.17, 15) is 4.79 Å². The second kappa shape index (κ2) is 4.92. The standard InChI is InChI=1S/C13H16N6O/c1-9-8-11(18(2)17-9)19-7-4-10(12(19)20)16-13-14-5-3-6-15-13/h3,5-6,8,10H,4,7H2,1-2H3,(H,14,15,16). The van der Waals surface area contributed by atoms with Crippen molar-refractivity contribution in [3.8, 4) is 0 Å². The summed E-state index contributed by atoms with van der Waals surface area (Å²) in [4.78, 5) is 22.4. The number of nitrogens with zero attached hydrogens (tertiary/aromatic N) is 5. The number of carbonyl (C=O) groups excluding carboxylic acids is 1. The number of anilines is 2. The van der Waals surface area contributed by atoms with Gasteiger partial charge in [-0.05, 0) is 19.4 Å². The summed E-state index contributed by atoms with van der Waals surface area (Å²) < 4.78 is 1.73. The molecule has 7 nitrogen and oxygen atoms in total. The quantitative estimate of drug-likeness (QED) is 0.891. The third-order valence-electron chi connectivity index (χ3n) is 3.33. The minimum Gasteiger partial charge on any atom is -0.342 e. The Morgan fingerprint density at radius 1 is 1.35 bits per heavy atom. The number of aryl methyl sites for hydroxylation is 2. The van der Waals surface area contributed by atoms with Crippen LogP contribution in [0.3, 0.4) is 0 Å². The molecule has 1 saturated heterocycles. The third-order valence-corrected chi connectivity index (χ3v) is 3.33. The largest absolute Gasteiger partial charge is 0.342 e. The van der Waals surface area contributed by atoms with E-state index in [4.69, 9.17) is 0 Å². The lowest BCUT2D eigenvalue weighted by Gasteiger charge is -2.16. The highest BCUT2D eigenvalue weighted by Gasteiger charge is 2.34. The van der Waals surface area contributed by atoms with Crippen LogP contribution in [0.1, 0.15) is 12.1 Å². The van der Waals surface area contributed by atoms with Gasteiger partial charge in [0.1, 0.15) is 11.9 Å². The van der Waals surface area contributed by atoms with Gasteiger partial charge in [0.05, 0.1) is 5.69 Å². The van der Waals surface area contributed by atoms with Crippen molar-refractivity contribution in [2.45, 2.75) is 19.4 Å². The van der Waals surface area contributed by atoms with Gasteiger partial charge in [-0.3, -0.25) is 14.4 Å². The van der Waals surface area contributed by atoms with Crippen molar-refractivity contribution in [1.82, 2.24) is 19.7 Å². The van der Waals surface area contributed by atoms with Gasteiger partial charge < -0.3 is 5.32 Å². The van der Waals surface area contributed by atoms with Crippen molar-refractivity contribution in [2.24, 2.45) is 7.05 Å². The third kappa shape index (κ3) is 2.22. The number of nitrogens with one attached hydrogen (secondary N) is 1. The summed E-state index contributed by atoms with van der Waals surface area (Å²) in [5.74, 6) is 1.33. The van der Waals surface area contributed by atoms with Gasteiger partial charge in [-0.15, -0.1) is 0 Å². The van der Waals surface area contributed by atoms with Crippen molar-refractivity contribution >= 4 is 17.7 Å². The van der Waals surface area contributed by atoms with E-state index >= 15 is 0 Å². The molecule has 1 N–H and O–H groups in total. The van der Waals surface area contributed by atoms with Gasteiger partial charge in [-0.25, -0.2) is 9.97 Å². The van der Waals surface area contributed by atoms with E-state index in [1.807, 2.05) is 20.0 Å². The molecule has 1 aliphatic heterocycles. The molecule has 1 fully saturated rings. The van der Waals surface area contributed by atoms with E-state index in [1.54, 1.807) is 28.0 Å². The maximum Gasteiger partial charge on any atom is 0.250 e. The molecule has 1 atom stereocenters. The molecule has 0 aliphatic carbocycles. The Balaban J connectivity index is 1.76. The summed E-state index contributed by atoms with van der Waals surface area (Å²) in [5.41, 5.74) is 0.901. The van der Waals surface area contributed by atoms with Crippen LogP contribution in [0, 0.1) is 6.92 Å². The highest BCUT2D eigenvalue weighted by Crippen LogP contribution is 2.23. The number of hydrogen-bond acceptors (Lipinski definition) is 5. The molecule has 3 heterocycles. The molecule has 0 aromatic carbocycles. The minimum atomic E-state index is -0.285. The van der Waals surface area contributed by atoms with Gasteiger partial charge >= 0.3 is 0 Å². The molecular formula is C13H16N6O. The van der Waals surface area contributed by atoms with Crippen molar-refractivity contribution in [3.63, 3.8) is 0 Å². The number of rotatable bonds is 3. The average Bonchev–Trinajstić information content (AvgIpc) is 2.94. The van der Waals surface area contributed by atoms with Crippen LogP contribution in [-0.4, -0.2) is 38.2 Å². The minimum absolute atomic E-state index is 0.0282. The lowest BCUT2D eigenvalue weighted by atomic mass is 10.2. The van der Waals surface area contributed by atoms with Crippen molar-refractivity contribution < 1.29 is 4.79 Å². The Hall–Kier alpha value is -2.44. The number of hydrogen-bond donors (Lipinski definition) is 1. The zero-order chi connectivity index (χ0) is 14.1. The molecule has 104 valence electrons. The number of amides is 1. The highest BCUT2D eigenvalue weighted by molar-refractivity contribution is 6.00. The molecule has 0 radical (unpaired) electrons. The predicted molar refractivity (Wildman–Crippen MR) is 74.4 cm³/mol. The van der Waals surface area contributed by atoms with Crippen molar-refractivity contribution in [2.75, 3.05) is 16.8 Å². The average molecular weight is 272 g/mol. The van der Waals surface area contributed by atoms with Crippen LogP contribution >= 0.6 is 0 Å². The fraction of sp³-hybridized carbons (Fsp3) is 0.385. The van der Waals surface area contributed by atoms with E-state index in [0.29, 0.717) is 12.5 Å². The molecule has 20 heavy (non-hydrogen) atoms. The first-order valence-corrected chi connectivity index (χ1v) is 6.51. The molecule has 1 aliphatic rings. The summed E-state index contributed by atoms with van der Waals surface area (Å²) in [7, 11) is 1.84. The van der Waals surface area contributed by atoms with Crippen LogP contribution in [0.25, 0.3) is 0 Å². The fourth-order valence-corrected chi connectivity index (χ4v) is 2.42. The predicted octanol–water partition coefficient (Wildman–Crippen LogP) is 0.736. The Morgan fingerprint density at radius 2 is 2.10 bits per heavy atom. The van der Waals surface area contributed by atoms with Gasteiger partial charge in [-0.1, -0.05) is 0 Å². The Kier molecular flexibility index (Phi) is 3.09. The van der Waals surface area contributed by atoms with Crippen molar-refractivity contribution in [3.05, 3.63) is 30.2 Å². The molecule has 7 heteroatoms. The highest BCUT2D eigenvalue weighted by atomic mass is 16.2. The molecular weight excluding hydrogens is 256 g/mol. The van der Waals surface area contributed by atoms with Gasteiger partial charge in [0.2, 0.25) is 5.95 Å². The monoisotopic (exact) mass is 272 g/mol. The number of aromatic nitrogens is 4. The SMILES string of the molecule is Cc1cc(N2CCC(Nc3ncccn3)C2=O)n(C)n1. The molecule has 2 aromatic rings. The summed E-state index contributed by atoms with van der Waals surface area (Å²) in [6.45, 7) is 2.58. The smallest absolute Gasteiger partial charge is 0.250 e. The summed E-state index contributed by atoms with van der Waals surface area (Å²) in [6.07, 6.45) is 4.02. The lowest BCUT2D eigenvalue weighted by Crippen LogP contribution is -2.34. The molecule has 0 bridgehead atoms. The molecule has 0 saturated carbocycles. The molecule has 1 unspecified atom stereocenters. The van der Waals surface area contributed by atoms with Crippen LogP contribution in [0.2, 0.25) is 0 Å². The van der Waals surface area contributed by atoms with Crippen LogP contribution in [-0.2, 0) is 11.8 Å². The second-order valence-electron chi connectivity index (χ2n) is 4.82. The number of carbonyl (C=O) groups is 1. The van der Waals surface area contributed by atoms with Crippen LogP contribution in [0.5, 0.6) is 0 Å². The van der Waals surface area contributed by atoms with E-state index in [0.717, 1.165) is 17.9 Å². The van der Waals surface area contributed by atoms with E-state index in [2.05, 4.69) is 20.4 Å². The Labute approximate surface area is 116 Å². The Morgan fingerprint density at radius 3 is 2.75 bits per heavy atom.